The molecule has 2 heterocycles. The topological polar surface area (TPSA) is 88.0 Å². The van der Waals surface area contributed by atoms with Gasteiger partial charge < -0.3 is 4.42 Å². The second-order valence-electron chi connectivity index (χ2n) is 4.90. The van der Waals surface area contributed by atoms with Gasteiger partial charge in [-0.25, -0.2) is 13.1 Å². The van der Waals surface area contributed by atoms with E-state index in [0.29, 0.717) is 24.2 Å². The van der Waals surface area contributed by atoms with Gasteiger partial charge in [0, 0.05) is 12.5 Å². The maximum absolute atomic E-state index is 12.3. The number of aromatic amines is 1. The molecular weight excluding hydrogens is 278 g/mol. The van der Waals surface area contributed by atoms with E-state index in [-0.39, 0.29) is 10.9 Å². The summed E-state index contributed by atoms with van der Waals surface area (Å²) in [5.41, 5.74) is 1.03. The number of H-pyrrole nitrogens is 1. The van der Waals surface area contributed by atoms with Crippen molar-refractivity contribution in [2.45, 2.75) is 44.6 Å². The van der Waals surface area contributed by atoms with Crippen molar-refractivity contribution in [1.29, 1.82) is 0 Å². The fourth-order valence-corrected chi connectivity index (χ4v) is 3.78. The third-order valence-corrected chi connectivity index (χ3v) is 4.94. The number of nitrogens with one attached hydrogen (secondary N) is 2. The number of nitrogens with zero attached hydrogens (tertiary/aromatic N) is 1. The Labute approximate surface area is 118 Å². The molecule has 0 bridgehead atoms. The van der Waals surface area contributed by atoms with Gasteiger partial charge in [-0.15, -0.1) is 0 Å². The van der Waals surface area contributed by atoms with Gasteiger partial charge in [0.1, 0.15) is 10.7 Å². The van der Waals surface area contributed by atoms with Crippen LogP contribution in [0.15, 0.2) is 27.7 Å². The van der Waals surface area contributed by atoms with Gasteiger partial charge in [0.15, 0.2) is 0 Å². The van der Waals surface area contributed by atoms with Gasteiger partial charge in [-0.1, -0.05) is 0 Å². The second-order valence-corrected chi connectivity index (χ2v) is 6.55. The van der Waals surface area contributed by atoms with Crippen LogP contribution < -0.4 is 4.72 Å². The Kier molecular flexibility index (Phi) is 4.29. The van der Waals surface area contributed by atoms with E-state index in [1.165, 1.54) is 0 Å². The molecule has 2 N–H and O–H groups in total. The molecule has 0 aromatic carbocycles. The molecule has 0 spiro atoms. The van der Waals surface area contributed by atoms with E-state index < -0.39 is 10.0 Å². The molecule has 0 aliphatic carbocycles. The highest BCUT2D eigenvalue weighted by Gasteiger charge is 2.23. The summed E-state index contributed by atoms with van der Waals surface area (Å²) in [4.78, 5) is 0.238. The van der Waals surface area contributed by atoms with Crippen molar-refractivity contribution in [3.63, 3.8) is 0 Å². The Morgan fingerprint density at radius 2 is 2.20 bits per heavy atom. The first-order valence-corrected chi connectivity index (χ1v) is 7.94. The molecule has 2 aromatic heterocycles. The van der Waals surface area contributed by atoms with E-state index in [2.05, 4.69) is 14.9 Å². The van der Waals surface area contributed by atoms with Crippen molar-refractivity contribution < 1.29 is 12.8 Å². The smallest absolute Gasteiger partial charge is 0.244 e. The van der Waals surface area contributed by atoms with E-state index in [4.69, 9.17) is 4.42 Å². The second kappa shape index (κ2) is 5.80. The van der Waals surface area contributed by atoms with Gasteiger partial charge in [-0.3, -0.25) is 5.10 Å². The monoisotopic (exact) mass is 297 g/mol. The molecule has 0 amide bonds. The summed E-state index contributed by atoms with van der Waals surface area (Å²) in [5, 5.41) is 6.60. The third-order valence-electron chi connectivity index (χ3n) is 3.09. The summed E-state index contributed by atoms with van der Waals surface area (Å²) in [7, 11) is -3.54. The third kappa shape index (κ3) is 3.29. The van der Waals surface area contributed by atoms with Gasteiger partial charge in [0.05, 0.1) is 17.7 Å². The molecule has 0 aliphatic rings. The number of rotatable bonds is 6. The first-order valence-electron chi connectivity index (χ1n) is 6.46. The van der Waals surface area contributed by atoms with Crippen molar-refractivity contribution in [2.24, 2.45) is 0 Å². The molecule has 1 unspecified atom stereocenters. The fraction of sp³-hybridized carbons (Fsp3) is 0.462. The summed E-state index contributed by atoms with van der Waals surface area (Å²) < 4.78 is 32.5. The van der Waals surface area contributed by atoms with Crippen LogP contribution in [0.1, 0.15) is 30.5 Å². The largest absolute Gasteiger partial charge is 0.469 e. The molecule has 20 heavy (non-hydrogen) atoms. The van der Waals surface area contributed by atoms with Crippen molar-refractivity contribution in [1.82, 2.24) is 14.9 Å². The minimum Gasteiger partial charge on any atom is -0.469 e. The van der Waals surface area contributed by atoms with E-state index in [0.717, 1.165) is 5.76 Å². The van der Waals surface area contributed by atoms with E-state index >= 15 is 0 Å². The molecule has 0 radical (unpaired) electrons. The zero-order valence-corrected chi connectivity index (χ0v) is 12.6. The lowest BCUT2D eigenvalue weighted by molar-refractivity contribution is 0.480. The standard InChI is InChI=1S/C13H19N3O3S/c1-9(6-7-12-5-4-8-19-12)16-20(17,18)13-10(2)14-15-11(13)3/h4-5,8-9,16H,6-7H2,1-3H3,(H,14,15). The van der Waals surface area contributed by atoms with Crippen LogP contribution in [0.3, 0.4) is 0 Å². The summed E-state index contributed by atoms with van der Waals surface area (Å²) in [6, 6.07) is 3.52. The lowest BCUT2D eigenvalue weighted by atomic mass is 10.2. The van der Waals surface area contributed by atoms with Crippen molar-refractivity contribution in [3.8, 4) is 0 Å². The predicted molar refractivity (Wildman–Crippen MR) is 74.9 cm³/mol. The average Bonchev–Trinajstić information content (AvgIpc) is 2.96. The van der Waals surface area contributed by atoms with Crippen LogP contribution in [-0.2, 0) is 16.4 Å². The number of hydrogen-bond donors (Lipinski definition) is 2. The van der Waals surface area contributed by atoms with Crippen LogP contribution in [-0.4, -0.2) is 24.7 Å². The van der Waals surface area contributed by atoms with Crippen LogP contribution in [0.25, 0.3) is 0 Å². The summed E-state index contributed by atoms with van der Waals surface area (Å²) in [5.74, 6) is 0.853. The van der Waals surface area contributed by atoms with Crippen LogP contribution in [0, 0.1) is 13.8 Å². The molecule has 2 rings (SSSR count). The van der Waals surface area contributed by atoms with Crippen molar-refractivity contribution in [3.05, 3.63) is 35.5 Å². The van der Waals surface area contributed by atoms with Gasteiger partial charge in [0.25, 0.3) is 0 Å². The summed E-state index contributed by atoms with van der Waals surface area (Å²) in [6.07, 6.45) is 2.98. The highest BCUT2D eigenvalue weighted by Crippen LogP contribution is 2.17. The molecule has 110 valence electrons. The molecule has 0 fully saturated rings. The van der Waals surface area contributed by atoms with Crippen LogP contribution in [0.4, 0.5) is 0 Å². The van der Waals surface area contributed by atoms with E-state index in [9.17, 15) is 8.42 Å². The Hall–Kier alpha value is -1.60. The minimum absolute atomic E-state index is 0.182. The number of furan rings is 1. The molecule has 0 saturated carbocycles. The van der Waals surface area contributed by atoms with Crippen molar-refractivity contribution >= 4 is 10.0 Å². The number of aryl methyl sites for hydroxylation is 3. The molecular formula is C13H19N3O3S. The fourth-order valence-electron chi connectivity index (χ4n) is 2.13. The molecule has 0 saturated heterocycles. The van der Waals surface area contributed by atoms with Gasteiger partial charge in [-0.2, -0.15) is 5.10 Å². The van der Waals surface area contributed by atoms with Gasteiger partial charge >= 0.3 is 0 Å². The predicted octanol–water partition coefficient (Wildman–Crippen LogP) is 1.92. The maximum Gasteiger partial charge on any atom is 0.244 e. The zero-order valence-electron chi connectivity index (χ0n) is 11.8. The average molecular weight is 297 g/mol. The Morgan fingerprint density at radius 3 is 2.75 bits per heavy atom. The molecule has 0 aliphatic heterocycles. The van der Waals surface area contributed by atoms with Gasteiger partial charge in [-0.05, 0) is 39.3 Å². The Balaban J connectivity index is 2.01. The molecule has 6 nitrogen and oxygen atoms in total. The highest BCUT2D eigenvalue weighted by atomic mass is 32.2. The number of hydrogen-bond acceptors (Lipinski definition) is 4. The minimum atomic E-state index is -3.54. The first-order chi connectivity index (χ1) is 9.40. The Morgan fingerprint density at radius 1 is 1.45 bits per heavy atom. The molecule has 2 aromatic rings. The Bertz CT molecular complexity index is 640. The van der Waals surface area contributed by atoms with Crippen molar-refractivity contribution in [2.75, 3.05) is 0 Å². The van der Waals surface area contributed by atoms with Crippen LogP contribution in [0.2, 0.25) is 0 Å². The molecule has 7 heteroatoms. The number of sulfonamides is 1. The summed E-state index contributed by atoms with van der Waals surface area (Å²) in [6.45, 7) is 5.21. The normalized spacial score (nSPS) is 13.6. The van der Waals surface area contributed by atoms with E-state index in [1.54, 1.807) is 20.1 Å². The lowest BCUT2D eigenvalue weighted by Gasteiger charge is -2.13. The zero-order chi connectivity index (χ0) is 14.8. The highest BCUT2D eigenvalue weighted by molar-refractivity contribution is 7.89. The maximum atomic E-state index is 12.3. The SMILES string of the molecule is Cc1n[nH]c(C)c1S(=O)(=O)NC(C)CCc1ccco1. The molecule has 1 atom stereocenters. The number of aromatic nitrogens is 2. The van der Waals surface area contributed by atoms with Crippen LogP contribution in [0.5, 0.6) is 0 Å². The van der Waals surface area contributed by atoms with E-state index in [1.807, 2.05) is 19.1 Å². The van der Waals surface area contributed by atoms with Crippen LogP contribution >= 0.6 is 0 Å². The quantitative estimate of drug-likeness (QED) is 0.852. The first kappa shape index (κ1) is 14.8. The summed E-state index contributed by atoms with van der Waals surface area (Å²) >= 11 is 0. The van der Waals surface area contributed by atoms with Gasteiger partial charge in [0.2, 0.25) is 10.0 Å². The lowest BCUT2D eigenvalue weighted by Crippen LogP contribution is -2.33.